The molecule has 5 heteroatoms. The highest BCUT2D eigenvalue weighted by atomic mass is 32.1. The van der Waals surface area contributed by atoms with Crippen molar-refractivity contribution in [1.29, 1.82) is 0 Å². The Morgan fingerprint density at radius 1 is 0.968 bits per heavy atom. The number of carbonyl (C=O) groups excluding carboxylic acids is 1. The van der Waals surface area contributed by atoms with Crippen molar-refractivity contribution in [3.63, 3.8) is 0 Å². The molecule has 2 aliphatic rings. The number of esters is 1. The molecule has 160 valence electrons. The Morgan fingerprint density at radius 2 is 1.61 bits per heavy atom. The van der Waals surface area contributed by atoms with Crippen LogP contribution >= 0.6 is 11.3 Å². The fraction of sp³-hybridized carbons (Fsp3) is 0.346. The summed E-state index contributed by atoms with van der Waals surface area (Å²) in [6.45, 7) is 2.77. The van der Waals surface area contributed by atoms with Crippen LogP contribution in [0.25, 0.3) is 0 Å². The smallest absolute Gasteiger partial charge is 0.348 e. The molecule has 1 aromatic heterocycles. The monoisotopic (exact) mass is 433 g/mol. The van der Waals surface area contributed by atoms with Gasteiger partial charge in [-0.25, -0.2) is 4.79 Å². The minimum absolute atomic E-state index is 0.130. The van der Waals surface area contributed by atoms with Crippen LogP contribution in [-0.2, 0) is 21.7 Å². The summed E-state index contributed by atoms with van der Waals surface area (Å²) in [5.74, 6) is 0.0732. The summed E-state index contributed by atoms with van der Waals surface area (Å²) in [6.07, 6.45) is 2.00. The quantitative estimate of drug-likeness (QED) is 0.584. The largest absolute Gasteiger partial charge is 0.459 e. The van der Waals surface area contributed by atoms with Gasteiger partial charge in [0.25, 0.3) is 0 Å². The maximum Gasteiger partial charge on any atom is 0.348 e. The van der Waals surface area contributed by atoms with Gasteiger partial charge in [-0.15, -0.1) is 11.3 Å². The molecule has 0 amide bonds. The van der Waals surface area contributed by atoms with E-state index in [1.807, 2.05) is 35.7 Å². The molecule has 2 bridgehead atoms. The Kier molecular flexibility index (Phi) is 5.65. The molecule has 1 aliphatic heterocycles. The first-order valence-electron chi connectivity index (χ1n) is 10.9. The molecule has 3 atom stereocenters. The summed E-state index contributed by atoms with van der Waals surface area (Å²) >= 11 is 1.37. The summed E-state index contributed by atoms with van der Waals surface area (Å²) in [6, 6.07) is 23.3. The number of fused-ring (bicyclic) bond motifs is 2. The number of thiophene rings is 1. The lowest BCUT2D eigenvalue weighted by Gasteiger charge is -2.39. The molecule has 1 N–H and O–H groups in total. The van der Waals surface area contributed by atoms with Gasteiger partial charge in [0.2, 0.25) is 5.60 Å². The molecule has 3 unspecified atom stereocenters. The van der Waals surface area contributed by atoms with E-state index in [1.165, 1.54) is 16.9 Å². The summed E-state index contributed by atoms with van der Waals surface area (Å²) in [5.41, 5.74) is 0.0977. The summed E-state index contributed by atoms with van der Waals surface area (Å²) in [5, 5.41) is 13.5. The minimum atomic E-state index is -1.77. The van der Waals surface area contributed by atoms with Gasteiger partial charge in [0.1, 0.15) is 6.10 Å². The van der Waals surface area contributed by atoms with Crippen molar-refractivity contribution in [2.45, 2.75) is 31.1 Å². The zero-order chi connectivity index (χ0) is 21.3. The highest BCUT2D eigenvalue weighted by molar-refractivity contribution is 7.10. The number of aliphatic hydroxyl groups is 1. The van der Waals surface area contributed by atoms with Crippen LogP contribution < -0.4 is 0 Å². The fourth-order valence-corrected chi connectivity index (χ4v) is 6.00. The summed E-state index contributed by atoms with van der Waals surface area (Å²) in [7, 11) is 0. The van der Waals surface area contributed by atoms with Gasteiger partial charge in [-0.1, -0.05) is 66.7 Å². The van der Waals surface area contributed by atoms with E-state index in [2.05, 4.69) is 29.2 Å². The van der Waals surface area contributed by atoms with Crippen LogP contribution in [0.3, 0.4) is 0 Å². The second-order valence-electron chi connectivity index (χ2n) is 8.70. The van der Waals surface area contributed by atoms with Crippen molar-refractivity contribution in [2.24, 2.45) is 11.8 Å². The van der Waals surface area contributed by atoms with Gasteiger partial charge in [0.05, 0.1) is 4.88 Å². The lowest BCUT2D eigenvalue weighted by atomic mass is 9.90. The molecular weight excluding hydrogens is 406 g/mol. The van der Waals surface area contributed by atoms with Crippen molar-refractivity contribution in [2.75, 3.05) is 13.1 Å². The summed E-state index contributed by atoms with van der Waals surface area (Å²) in [4.78, 5) is 16.5. The molecule has 4 nitrogen and oxygen atoms in total. The van der Waals surface area contributed by atoms with Gasteiger partial charge in [-0.05, 0) is 29.9 Å². The highest BCUT2D eigenvalue weighted by Gasteiger charge is 2.49. The average molecular weight is 434 g/mol. The molecule has 2 heterocycles. The maximum atomic E-state index is 13.4. The molecule has 3 aromatic rings. The van der Waals surface area contributed by atoms with Crippen LogP contribution in [0.4, 0.5) is 0 Å². The van der Waals surface area contributed by atoms with Gasteiger partial charge in [-0.2, -0.15) is 0 Å². The second kappa shape index (κ2) is 8.58. The van der Waals surface area contributed by atoms with Crippen LogP contribution in [0.5, 0.6) is 0 Å². The molecule has 0 radical (unpaired) electrons. The van der Waals surface area contributed by atoms with Crippen LogP contribution in [0.2, 0.25) is 0 Å². The first-order chi connectivity index (χ1) is 15.1. The lowest BCUT2D eigenvalue weighted by Crippen LogP contribution is -2.49. The van der Waals surface area contributed by atoms with Crippen molar-refractivity contribution in [3.8, 4) is 0 Å². The first-order valence-corrected chi connectivity index (χ1v) is 11.8. The molecule has 2 fully saturated rings. The standard InChI is InChI=1S/C26H27NO3S/c28-25(26(29,23-12-7-15-31-23)22-10-5-2-6-11-22)30-24-20-13-14-21(24)18-27(17-20)16-19-8-3-1-4-9-19/h1-12,15,20-21,24,29H,13-14,16-18H2. The number of carbonyl (C=O) groups is 1. The average Bonchev–Trinajstić information content (AvgIpc) is 3.42. The van der Waals surface area contributed by atoms with E-state index in [0.717, 1.165) is 32.5 Å². The predicted molar refractivity (Wildman–Crippen MR) is 122 cm³/mol. The molecule has 31 heavy (non-hydrogen) atoms. The Morgan fingerprint density at radius 3 is 2.23 bits per heavy atom. The van der Waals surface area contributed by atoms with Crippen molar-refractivity contribution in [1.82, 2.24) is 4.90 Å². The molecule has 0 spiro atoms. The Hall–Kier alpha value is -2.47. The van der Waals surface area contributed by atoms with Gasteiger partial charge >= 0.3 is 5.97 Å². The number of likely N-dealkylation sites (tertiary alicyclic amines) is 1. The van der Waals surface area contributed by atoms with Crippen LogP contribution in [0.15, 0.2) is 78.2 Å². The number of rotatable bonds is 6. The maximum absolute atomic E-state index is 13.4. The highest BCUT2D eigenvalue weighted by Crippen LogP contribution is 2.42. The van der Waals surface area contributed by atoms with Gasteiger partial charge in [0.15, 0.2) is 0 Å². The van der Waals surface area contributed by atoms with Crippen molar-refractivity contribution >= 4 is 17.3 Å². The number of nitrogens with zero attached hydrogens (tertiary/aromatic N) is 1. The second-order valence-corrected chi connectivity index (χ2v) is 9.65. The van der Waals surface area contributed by atoms with Crippen LogP contribution in [0.1, 0.15) is 28.8 Å². The van der Waals surface area contributed by atoms with E-state index >= 15 is 0 Å². The van der Waals surface area contributed by atoms with E-state index in [9.17, 15) is 9.90 Å². The number of hydrogen-bond donors (Lipinski definition) is 1. The molecule has 1 saturated heterocycles. The van der Waals surface area contributed by atoms with E-state index in [1.54, 1.807) is 18.2 Å². The van der Waals surface area contributed by atoms with Crippen molar-refractivity contribution in [3.05, 3.63) is 94.2 Å². The molecule has 1 aliphatic carbocycles. The normalized spacial score (nSPS) is 25.1. The van der Waals surface area contributed by atoms with E-state index in [0.29, 0.717) is 22.3 Å². The molecule has 1 saturated carbocycles. The number of benzene rings is 2. The minimum Gasteiger partial charge on any atom is -0.459 e. The molecule has 5 rings (SSSR count). The zero-order valence-corrected chi connectivity index (χ0v) is 18.2. The van der Waals surface area contributed by atoms with Crippen molar-refractivity contribution < 1.29 is 14.6 Å². The van der Waals surface area contributed by atoms with E-state index in [-0.39, 0.29) is 6.10 Å². The Balaban J connectivity index is 1.33. The fourth-order valence-electron chi connectivity index (χ4n) is 5.17. The third kappa shape index (κ3) is 3.93. The van der Waals surface area contributed by atoms with Gasteiger partial charge < -0.3 is 9.84 Å². The third-order valence-corrected chi connectivity index (χ3v) is 7.66. The van der Waals surface area contributed by atoms with E-state index < -0.39 is 11.6 Å². The zero-order valence-electron chi connectivity index (χ0n) is 17.4. The number of ether oxygens (including phenoxy) is 1. The summed E-state index contributed by atoms with van der Waals surface area (Å²) < 4.78 is 6.11. The SMILES string of the molecule is O=C(OC1C2CCC1CN(Cc1ccccc1)C2)C(O)(c1ccccc1)c1cccs1. The van der Waals surface area contributed by atoms with Gasteiger partial charge in [0, 0.05) is 37.0 Å². The predicted octanol–water partition coefficient (Wildman–Crippen LogP) is 4.44. The first kappa shape index (κ1) is 20.4. The van der Waals surface area contributed by atoms with Gasteiger partial charge in [-0.3, -0.25) is 4.90 Å². The van der Waals surface area contributed by atoms with Crippen LogP contribution in [-0.4, -0.2) is 35.2 Å². The number of hydrogen-bond acceptors (Lipinski definition) is 5. The lowest BCUT2D eigenvalue weighted by molar-refractivity contribution is -0.174. The third-order valence-electron chi connectivity index (χ3n) is 6.68. The van der Waals surface area contributed by atoms with Crippen LogP contribution in [0, 0.1) is 11.8 Å². The molecule has 2 aromatic carbocycles. The molecular formula is C26H27NO3S. The Labute approximate surface area is 187 Å². The number of piperidine rings is 1. The van der Waals surface area contributed by atoms with E-state index in [4.69, 9.17) is 4.74 Å². The topological polar surface area (TPSA) is 49.8 Å². The Bertz CT molecular complexity index is 994.